The highest BCUT2D eigenvalue weighted by Crippen LogP contribution is 2.36. The van der Waals surface area contributed by atoms with Gasteiger partial charge >= 0.3 is 5.97 Å². The van der Waals surface area contributed by atoms with Gasteiger partial charge in [-0.05, 0) is 46.3 Å². The maximum absolute atomic E-state index is 12.8. The van der Waals surface area contributed by atoms with E-state index in [0.717, 1.165) is 14.6 Å². The van der Waals surface area contributed by atoms with Gasteiger partial charge < -0.3 is 9.47 Å². The van der Waals surface area contributed by atoms with Gasteiger partial charge in [0.05, 0.1) is 15.7 Å². The molecular weight excluding hydrogens is 528 g/mol. The topological polar surface area (TPSA) is 77.0 Å². The molecule has 0 spiro atoms. The lowest BCUT2D eigenvalue weighted by molar-refractivity contribution is -0.123. The number of nitrogens with zero attached hydrogens (tertiary/aromatic N) is 1. The van der Waals surface area contributed by atoms with Gasteiger partial charge in [-0.15, -0.1) is 11.3 Å². The van der Waals surface area contributed by atoms with E-state index in [9.17, 15) is 9.59 Å². The molecule has 0 fully saturated rings. The number of fused-ring (bicyclic) bond motifs is 1. The molecule has 1 amide bonds. The van der Waals surface area contributed by atoms with E-state index in [1.165, 1.54) is 17.6 Å². The Balaban J connectivity index is 1.40. The van der Waals surface area contributed by atoms with Crippen LogP contribution in [0, 0.1) is 0 Å². The Bertz CT molecular complexity index is 1360. The number of benzene rings is 3. The molecule has 166 valence electrons. The summed E-state index contributed by atoms with van der Waals surface area (Å²) in [6.07, 6.45) is 1.39. The minimum absolute atomic E-state index is 0.207. The maximum Gasteiger partial charge on any atom is 0.355 e. The fraction of sp³-hybridized carbons (Fsp3) is 0.0417. The monoisotopic (exact) mass is 542 g/mol. The van der Waals surface area contributed by atoms with E-state index in [2.05, 4.69) is 26.5 Å². The van der Waals surface area contributed by atoms with Gasteiger partial charge in [0.15, 0.2) is 6.61 Å². The summed E-state index contributed by atoms with van der Waals surface area (Å²) in [6.45, 7) is -0.207. The third-order valence-electron chi connectivity index (χ3n) is 4.43. The minimum Gasteiger partial charge on any atom is -0.483 e. The van der Waals surface area contributed by atoms with Gasteiger partial charge in [-0.25, -0.2) is 10.2 Å². The predicted octanol–water partition coefficient (Wildman–Crippen LogP) is 6.07. The zero-order valence-corrected chi connectivity index (χ0v) is 20.1. The van der Waals surface area contributed by atoms with E-state index in [0.29, 0.717) is 27.0 Å². The minimum atomic E-state index is -0.562. The van der Waals surface area contributed by atoms with Crippen LogP contribution in [0.3, 0.4) is 0 Å². The summed E-state index contributed by atoms with van der Waals surface area (Å²) in [5.74, 6) is -0.159. The van der Waals surface area contributed by atoms with Crippen molar-refractivity contribution in [1.82, 2.24) is 5.43 Å². The number of rotatable bonds is 7. The molecule has 0 aliphatic carbocycles. The van der Waals surface area contributed by atoms with Crippen molar-refractivity contribution in [3.05, 3.63) is 92.7 Å². The Morgan fingerprint density at radius 1 is 1.00 bits per heavy atom. The van der Waals surface area contributed by atoms with Crippen molar-refractivity contribution in [1.29, 1.82) is 0 Å². The van der Waals surface area contributed by atoms with E-state index in [1.807, 2.05) is 36.4 Å². The first-order valence-electron chi connectivity index (χ1n) is 9.70. The second-order valence-corrected chi connectivity index (χ2v) is 8.97. The zero-order chi connectivity index (χ0) is 23.2. The number of amides is 1. The molecule has 1 N–H and O–H groups in total. The number of para-hydroxylation sites is 2. The Morgan fingerprint density at radius 2 is 1.70 bits per heavy atom. The van der Waals surface area contributed by atoms with Crippen LogP contribution < -0.4 is 14.9 Å². The molecule has 1 heterocycles. The molecule has 0 aliphatic rings. The number of carbonyl (C=O) groups is 2. The number of carbonyl (C=O) groups excluding carboxylic acids is 2. The largest absolute Gasteiger partial charge is 0.483 e. The van der Waals surface area contributed by atoms with Crippen LogP contribution in [0.25, 0.3) is 10.1 Å². The number of halogens is 2. The quantitative estimate of drug-likeness (QED) is 0.133. The standard InChI is InChI=1S/C24H16BrClN2O4S/c25-17-9-3-5-11-19(17)31-14-21(29)28-27-13-15-7-1-4-10-18(15)32-24(30)23-22(26)16-8-2-6-12-20(16)33-23/h1-13H,14H2,(H,28,29)/b27-13-. The van der Waals surface area contributed by atoms with Gasteiger partial charge in [0, 0.05) is 15.6 Å². The van der Waals surface area contributed by atoms with Gasteiger partial charge in [0.2, 0.25) is 0 Å². The van der Waals surface area contributed by atoms with E-state index in [4.69, 9.17) is 21.1 Å². The van der Waals surface area contributed by atoms with Crippen LogP contribution in [-0.2, 0) is 4.79 Å². The van der Waals surface area contributed by atoms with Crippen molar-refractivity contribution in [2.75, 3.05) is 6.61 Å². The van der Waals surface area contributed by atoms with Crippen LogP contribution in [0.15, 0.2) is 82.4 Å². The Labute approximate surface area is 206 Å². The van der Waals surface area contributed by atoms with Gasteiger partial charge in [-0.2, -0.15) is 5.10 Å². The number of hydrogen-bond donors (Lipinski definition) is 1. The molecule has 0 saturated heterocycles. The molecule has 4 rings (SSSR count). The van der Waals surface area contributed by atoms with Crippen molar-refractivity contribution in [2.45, 2.75) is 0 Å². The molecule has 1 aromatic heterocycles. The highest BCUT2D eigenvalue weighted by atomic mass is 79.9. The number of ether oxygens (including phenoxy) is 2. The molecule has 33 heavy (non-hydrogen) atoms. The van der Waals surface area contributed by atoms with Gasteiger partial charge in [-0.1, -0.05) is 54.1 Å². The van der Waals surface area contributed by atoms with Crippen molar-refractivity contribution < 1.29 is 19.1 Å². The van der Waals surface area contributed by atoms with Crippen molar-refractivity contribution in [3.8, 4) is 11.5 Å². The first-order valence-corrected chi connectivity index (χ1v) is 11.7. The fourth-order valence-electron chi connectivity index (χ4n) is 2.88. The first-order chi connectivity index (χ1) is 16.0. The number of nitrogens with one attached hydrogen (secondary N) is 1. The SMILES string of the molecule is O=C(COc1ccccc1Br)N/N=C\c1ccccc1OC(=O)c1sc2ccccc2c1Cl. The average Bonchev–Trinajstić information content (AvgIpc) is 3.16. The van der Waals surface area contributed by atoms with Gasteiger partial charge in [0.25, 0.3) is 5.91 Å². The van der Waals surface area contributed by atoms with Crippen LogP contribution >= 0.6 is 38.9 Å². The highest BCUT2D eigenvalue weighted by molar-refractivity contribution is 9.10. The Kier molecular flexibility index (Phi) is 7.39. The second kappa shape index (κ2) is 10.6. The molecule has 0 unspecified atom stereocenters. The second-order valence-electron chi connectivity index (χ2n) is 6.68. The molecule has 3 aromatic carbocycles. The number of hydrogen-bond acceptors (Lipinski definition) is 6. The summed E-state index contributed by atoms with van der Waals surface area (Å²) in [7, 11) is 0. The molecule has 6 nitrogen and oxygen atoms in total. The zero-order valence-electron chi connectivity index (χ0n) is 17.0. The van der Waals surface area contributed by atoms with Crippen molar-refractivity contribution in [3.63, 3.8) is 0 Å². The van der Waals surface area contributed by atoms with Crippen LogP contribution in [0.5, 0.6) is 11.5 Å². The molecular formula is C24H16BrClN2O4S. The smallest absolute Gasteiger partial charge is 0.355 e. The van der Waals surface area contributed by atoms with E-state index >= 15 is 0 Å². The van der Waals surface area contributed by atoms with Crippen LogP contribution in [0.4, 0.5) is 0 Å². The molecule has 0 radical (unpaired) electrons. The van der Waals surface area contributed by atoms with E-state index in [-0.39, 0.29) is 6.61 Å². The van der Waals surface area contributed by atoms with E-state index in [1.54, 1.807) is 36.4 Å². The maximum atomic E-state index is 12.8. The summed E-state index contributed by atoms with van der Waals surface area (Å²) < 4.78 is 12.7. The molecule has 0 atom stereocenters. The molecule has 4 aromatic rings. The van der Waals surface area contributed by atoms with Crippen LogP contribution in [0.1, 0.15) is 15.2 Å². The normalized spacial score (nSPS) is 11.0. The van der Waals surface area contributed by atoms with Crippen LogP contribution in [0.2, 0.25) is 5.02 Å². The average molecular weight is 544 g/mol. The number of hydrazone groups is 1. The summed E-state index contributed by atoms with van der Waals surface area (Å²) in [6, 6.07) is 21.6. The fourth-order valence-corrected chi connectivity index (χ4v) is 4.67. The lowest BCUT2D eigenvalue weighted by Crippen LogP contribution is -2.24. The molecule has 0 saturated carbocycles. The first kappa shape index (κ1) is 23.0. The van der Waals surface area contributed by atoms with Crippen molar-refractivity contribution >= 4 is 67.0 Å². The third kappa shape index (κ3) is 5.60. The Hall–Kier alpha value is -3.20. The lowest BCUT2D eigenvalue weighted by atomic mass is 10.2. The van der Waals surface area contributed by atoms with Crippen LogP contribution in [-0.4, -0.2) is 24.7 Å². The summed E-state index contributed by atoms with van der Waals surface area (Å²) in [4.78, 5) is 25.1. The van der Waals surface area contributed by atoms with Crippen molar-refractivity contribution in [2.24, 2.45) is 5.10 Å². The molecule has 9 heteroatoms. The Morgan fingerprint density at radius 3 is 2.48 bits per heavy atom. The third-order valence-corrected chi connectivity index (χ3v) is 6.74. The number of thiophene rings is 1. The molecule has 0 bridgehead atoms. The van der Waals surface area contributed by atoms with Gasteiger partial charge in [0.1, 0.15) is 16.4 Å². The molecule has 0 aliphatic heterocycles. The summed E-state index contributed by atoms with van der Waals surface area (Å²) in [5.41, 5.74) is 2.90. The summed E-state index contributed by atoms with van der Waals surface area (Å²) in [5, 5.41) is 5.11. The van der Waals surface area contributed by atoms with E-state index < -0.39 is 11.9 Å². The lowest BCUT2D eigenvalue weighted by Gasteiger charge is -2.07. The number of esters is 1. The highest BCUT2D eigenvalue weighted by Gasteiger charge is 2.19. The summed E-state index contributed by atoms with van der Waals surface area (Å²) >= 11 is 11.0. The van der Waals surface area contributed by atoms with Gasteiger partial charge in [-0.3, -0.25) is 4.79 Å². The predicted molar refractivity (Wildman–Crippen MR) is 134 cm³/mol.